The quantitative estimate of drug-likeness (QED) is 0.864. The van der Waals surface area contributed by atoms with Crippen LogP contribution in [0.2, 0.25) is 0 Å². The molecular formula is C10H11BrN2O2S. The molecule has 0 spiro atoms. The van der Waals surface area contributed by atoms with Gasteiger partial charge >= 0.3 is 0 Å². The standard InChI is InChI=1S/C10H11BrN2O2S/c1-6(2)13-10(12)7-4-3-5-8(11)9(7)16(13,14)15/h3-6,12H,1-2H3. The minimum Gasteiger partial charge on any atom is -0.283 e. The minimum absolute atomic E-state index is 0.0475. The number of rotatable bonds is 1. The molecule has 0 unspecified atom stereocenters. The predicted octanol–water partition coefficient (Wildman–Crippen LogP) is 2.19. The van der Waals surface area contributed by atoms with Gasteiger partial charge < -0.3 is 0 Å². The second-order valence-electron chi connectivity index (χ2n) is 3.86. The molecular weight excluding hydrogens is 292 g/mol. The lowest BCUT2D eigenvalue weighted by atomic mass is 10.2. The smallest absolute Gasteiger partial charge is 0.267 e. The Morgan fingerprint density at radius 2 is 2.00 bits per heavy atom. The molecule has 1 aliphatic rings. The van der Waals surface area contributed by atoms with Crippen LogP contribution in [0.15, 0.2) is 27.6 Å². The van der Waals surface area contributed by atoms with E-state index in [2.05, 4.69) is 15.9 Å². The van der Waals surface area contributed by atoms with Crippen molar-refractivity contribution in [3.8, 4) is 0 Å². The Balaban J connectivity index is 2.78. The molecule has 0 bridgehead atoms. The van der Waals surface area contributed by atoms with Crippen molar-refractivity contribution in [1.29, 1.82) is 5.41 Å². The summed E-state index contributed by atoms with van der Waals surface area (Å²) in [6, 6.07) is 4.81. The molecule has 0 atom stereocenters. The molecule has 2 rings (SSSR count). The zero-order chi connectivity index (χ0) is 12.1. The van der Waals surface area contributed by atoms with Crippen LogP contribution in [0.1, 0.15) is 19.4 Å². The molecule has 0 aromatic heterocycles. The lowest BCUT2D eigenvalue weighted by molar-refractivity contribution is 0.478. The number of nitrogens with one attached hydrogen (secondary N) is 1. The van der Waals surface area contributed by atoms with Crippen LogP contribution in [0.25, 0.3) is 0 Å². The van der Waals surface area contributed by atoms with Gasteiger partial charge in [-0.3, -0.25) is 5.41 Å². The summed E-state index contributed by atoms with van der Waals surface area (Å²) in [5.41, 5.74) is 0.461. The van der Waals surface area contributed by atoms with Crippen molar-refractivity contribution in [2.75, 3.05) is 0 Å². The second kappa shape index (κ2) is 3.56. The van der Waals surface area contributed by atoms with Crippen LogP contribution in [0.3, 0.4) is 0 Å². The largest absolute Gasteiger partial charge is 0.283 e. The van der Waals surface area contributed by atoms with E-state index in [4.69, 9.17) is 5.41 Å². The van der Waals surface area contributed by atoms with Crippen molar-refractivity contribution in [2.24, 2.45) is 0 Å². The van der Waals surface area contributed by atoms with Crippen molar-refractivity contribution in [2.45, 2.75) is 24.8 Å². The zero-order valence-corrected chi connectivity index (χ0v) is 11.3. The third-order valence-electron chi connectivity index (χ3n) is 2.43. The maximum atomic E-state index is 12.2. The van der Waals surface area contributed by atoms with Gasteiger partial charge in [0, 0.05) is 16.1 Å². The fourth-order valence-corrected chi connectivity index (χ4v) is 4.66. The van der Waals surface area contributed by atoms with E-state index in [1.54, 1.807) is 32.0 Å². The summed E-state index contributed by atoms with van der Waals surface area (Å²) in [4.78, 5) is 0.203. The first-order valence-corrected chi connectivity index (χ1v) is 7.02. The van der Waals surface area contributed by atoms with Gasteiger partial charge in [0.25, 0.3) is 10.0 Å². The number of benzene rings is 1. The summed E-state index contributed by atoms with van der Waals surface area (Å²) >= 11 is 3.22. The summed E-state index contributed by atoms with van der Waals surface area (Å²) in [6.07, 6.45) is 0. The van der Waals surface area contributed by atoms with Gasteiger partial charge in [-0.05, 0) is 41.9 Å². The highest BCUT2D eigenvalue weighted by Gasteiger charge is 2.41. The second-order valence-corrected chi connectivity index (χ2v) is 6.47. The van der Waals surface area contributed by atoms with Gasteiger partial charge in [-0.15, -0.1) is 0 Å². The Morgan fingerprint density at radius 1 is 1.38 bits per heavy atom. The lowest BCUT2D eigenvalue weighted by Gasteiger charge is -2.21. The molecule has 0 radical (unpaired) electrons. The van der Waals surface area contributed by atoms with Crippen LogP contribution in [0.4, 0.5) is 0 Å². The zero-order valence-electron chi connectivity index (χ0n) is 8.86. The fourth-order valence-electron chi connectivity index (χ4n) is 1.83. The maximum absolute atomic E-state index is 12.2. The third-order valence-corrected chi connectivity index (χ3v) is 5.43. The summed E-state index contributed by atoms with van der Waals surface area (Å²) in [5, 5.41) is 7.90. The number of nitrogens with zero attached hydrogens (tertiary/aromatic N) is 1. The van der Waals surface area contributed by atoms with E-state index in [-0.39, 0.29) is 16.8 Å². The third kappa shape index (κ3) is 1.40. The van der Waals surface area contributed by atoms with E-state index in [0.717, 1.165) is 4.31 Å². The Hall–Kier alpha value is -0.880. The van der Waals surface area contributed by atoms with Gasteiger partial charge in [-0.25, -0.2) is 12.7 Å². The average Bonchev–Trinajstić information content (AvgIpc) is 2.35. The Kier molecular flexibility index (Phi) is 2.58. The number of sulfonamides is 1. The molecule has 1 N–H and O–H groups in total. The highest BCUT2D eigenvalue weighted by molar-refractivity contribution is 9.10. The summed E-state index contributed by atoms with van der Waals surface area (Å²) in [6.45, 7) is 3.51. The molecule has 0 saturated carbocycles. The normalized spacial score (nSPS) is 18.0. The monoisotopic (exact) mass is 302 g/mol. The SMILES string of the molecule is CC(C)N1C(=N)c2cccc(Br)c2S1(=O)=O. The molecule has 1 heterocycles. The first-order chi connectivity index (χ1) is 7.37. The fraction of sp³-hybridized carbons (Fsp3) is 0.300. The molecule has 1 aromatic carbocycles. The molecule has 0 saturated heterocycles. The van der Waals surface area contributed by atoms with Crippen molar-refractivity contribution in [3.05, 3.63) is 28.2 Å². The summed E-state index contributed by atoms with van der Waals surface area (Å²) in [7, 11) is -3.56. The maximum Gasteiger partial charge on any atom is 0.267 e. The van der Waals surface area contributed by atoms with E-state index in [9.17, 15) is 8.42 Å². The van der Waals surface area contributed by atoms with E-state index in [0.29, 0.717) is 10.0 Å². The number of halogens is 1. The highest BCUT2D eigenvalue weighted by Crippen LogP contribution is 2.36. The lowest BCUT2D eigenvalue weighted by Crippen LogP contribution is -2.36. The first kappa shape index (κ1) is 11.6. The summed E-state index contributed by atoms with van der Waals surface area (Å²) < 4.78 is 26.1. The number of hydrogen-bond acceptors (Lipinski definition) is 3. The molecule has 1 aliphatic heterocycles. The van der Waals surface area contributed by atoms with Crippen molar-refractivity contribution in [3.63, 3.8) is 0 Å². The van der Waals surface area contributed by atoms with E-state index in [1.165, 1.54) is 0 Å². The number of fused-ring (bicyclic) bond motifs is 1. The molecule has 1 aromatic rings. The Labute approximate surface area is 103 Å². The van der Waals surface area contributed by atoms with E-state index in [1.807, 2.05) is 0 Å². The molecule has 6 heteroatoms. The van der Waals surface area contributed by atoms with Crippen LogP contribution in [0, 0.1) is 5.41 Å². The number of amidine groups is 1. The number of hydrogen-bond donors (Lipinski definition) is 1. The molecule has 86 valence electrons. The van der Waals surface area contributed by atoms with Gasteiger partial charge in [0.05, 0.1) is 0 Å². The van der Waals surface area contributed by atoms with Crippen LogP contribution in [-0.2, 0) is 10.0 Å². The van der Waals surface area contributed by atoms with Gasteiger partial charge in [0.1, 0.15) is 10.7 Å². The molecule has 0 amide bonds. The van der Waals surface area contributed by atoms with Crippen LogP contribution in [0.5, 0.6) is 0 Å². The molecule has 0 fully saturated rings. The Morgan fingerprint density at radius 3 is 2.50 bits per heavy atom. The van der Waals surface area contributed by atoms with Gasteiger partial charge in [-0.2, -0.15) is 0 Å². The van der Waals surface area contributed by atoms with Crippen molar-refractivity contribution < 1.29 is 8.42 Å². The first-order valence-electron chi connectivity index (χ1n) is 4.79. The minimum atomic E-state index is -3.56. The van der Waals surface area contributed by atoms with Gasteiger partial charge in [-0.1, -0.05) is 6.07 Å². The highest BCUT2D eigenvalue weighted by atomic mass is 79.9. The van der Waals surface area contributed by atoms with Crippen molar-refractivity contribution >= 4 is 31.8 Å². The average molecular weight is 303 g/mol. The van der Waals surface area contributed by atoms with Crippen LogP contribution in [-0.4, -0.2) is 24.6 Å². The van der Waals surface area contributed by atoms with Crippen LogP contribution >= 0.6 is 15.9 Å². The molecule has 16 heavy (non-hydrogen) atoms. The van der Waals surface area contributed by atoms with E-state index < -0.39 is 10.0 Å². The topological polar surface area (TPSA) is 61.2 Å². The van der Waals surface area contributed by atoms with Gasteiger partial charge in [0.15, 0.2) is 0 Å². The summed E-state index contributed by atoms with van der Waals surface area (Å²) in [5.74, 6) is 0.0475. The molecule has 0 aliphatic carbocycles. The van der Waals surface area contributed by atoms with Crippen LogP contribution < -0.4 is 0 Å². The Bertz CT molecular complexity index is 566. The van der Waals surface area contributed by atoms with Crippen molar-refractivity contribution in [1.82, 2.24) is 4.31 Å². The van der Waals surface area contributed by atoms with E-state index >= 15 is 0 Å². The molecule has 4 nitrogen and oxygen atoms in total. The van der Waals surface area contributed by atoms with Gasteiger partial charge in [0.2, 0.25) is 0 Å². The predicted molar refractivity (Wildman–Crippen MR) is 65.1 cm³/mol.